The van der Waals surface area contributed by atoms with Gasteiger partial charge in [-0.1, -0.05) is 29.8 Å². The molecule has 0 atom stereocenters. The lowest BCUT2D eigenvalue weighted by Crippen LogP contribution is -2.25. The van der Waals surface area contributed by atoms with Gasteiger partial charge in [0.25, 0.3) is 11.8 Å². The number of esters is 1. The third-order valence-electron chi connectivity index (χ3n) is 4.68. The summed E-state index contributed by atoms with van der Waals surface area (Å²) in [6, 6.07) is 13.8. The number of fused-ring (bicyclic) bond motifs is 1. The fourth-order valence-electron chi connectivity index (χ4n) is 3.05. The van der Waals surface area contributed by atoms with Crippen molar-refractivity contribution in [1.29, 1.82) is 5.26 Å². The Morgan fingerprint density at radius 3 is 2.62 bits per heavy atom. The van der Waals surface area contributed by atoms with E-state index < -0.39 is 11.9 Å². The van der Waals surface area contributed by atoms with Gasteiger partial charge in [-0.05, 0) is 37.1 Å². The summed E-state index contributed by atoms with van der Waals surface area (Å²) in [6.07, 6.45) is 1.79. The minimum atomic E-state index is -0.647. The highest BCUT2D eigenvalue weighted by Crippen LogP contribution is 2.35. The van der Waals surface area contributed by atoms with Crippen LogP contribution in [0, 0.1) is 11.3 Å². The number of benzene rings is 2. The molecular weight excluding hydrogens is 450 g/mol. The molecule has 0 unspecified atom stereocenters. The van der Waals surface area contributed by atoms with Crippen molar-refractivity contribution in [1.82, 2.24) is 5.32 Å². The molecule has 3 rings (SSSR count). The Balaban J connectivity index is 1.84. The summed E-state index contributed by atoms with van der Waals surface area (Å²) >= 11 is 7.63. The van der Waals surface area contributed by atoms with Crippen LogP contribution in [0.25, 0.3) is 10.1 Å². The Kier molecular flexibility index (Phi) is 7.82. The van der Waals surface area contributed by atoms with Gasteiger partial charge in [0.15, 0.2) is 0 Å². The molecule has 0 aliphatic carbocycles. The summed E-state index contributed by atoms with van der Waals surface area (Å²) in [5, 5.41) is 15.1. The minimum absolute atomic E-state index is 0.114. The molecule has 3 aromatic rings. The van der Waals surface area contributed by atoms with Crippen LogP contribution < -0.4 is 10.6 Å². The van der Waals surface area contributed by atoms with Crippen molar-refractivity contribution in [2.45, 2.75) is 19.3 Å². The first-order valence-electron chi connectivity index (χ1n) is 9.82. The summed E-state index contributed by atoms with van der Waals surface area (Å²) in [6.45, 7) is 0.415. The molecule has 0 spiro atoms. The molecule has 32 heavy (non-hydrogen) atoms. The number of amides is 2. The van der Waals surface area contributed by atoms with Crippen molar-refractivity contribution in [3.63, 3.8) is 0 Å². The second-order valence-corrected chi connectivity index (χ2v) is 8.25. The Hall–Kier alpha value is -3.41. The van der Waals surface area contributed by atoms with Gasteiger partial charge in [-0.25, -0.2) is 4.79 Å². The highest BCUT2D eigenvalue weighted by atomic mass is 35.5. The van der Waals surface area contributed by atoms with Gasteiger partial charge in [0.1, 0.15) is 4.88 Å². The molecule has 0 aliphatic rings. The zero-order valence-corrected chi connectivity index (χ0v) is 18.8. The number of ether oxygens (including phenoxy) is 1. The van der Waals surface area contributed by atoms with E-state index in [2.05, 4.69) is 16.7 Å². The highest BCUT2D eigenvalue weighted by molar-refractivity contribution is 7.21. The van der Waals surface area contributed by atoms with Crippen molar-refractivity contribution >= 4 is 56.5 Å². The van der Waals surface area contributed by atoms with Gasteiger partial charge < -0.3 is 15.4 Å². The van der Waals surface area contributed by atoms with Crippen LogP contribution in [0.4, 0.5) is 5.69 Å². The van der Waals surface area contributed by atoms with Crippen LogP contribution in [0.5, 0.6) is 0 Å². The maximum atomic E-state index is 13.0. The first kappa shape index (κ1) is 23.3. The average molecular weight is 470 g/mol. The van der Waals surface area contributed by atoms with Crippen LogP contribution in [0.15, 0.2) is 42.5 Å². The molecule has 0 radical (unpaired) electrons. The Labute approximate surface area is 193 Å². The van der Waals surface area contributed by atoms with E-state index in [4.69, 9.17) is 21.6 Å². The van der Waals surface area contributed by atoms with Crippen LogP contribution in [-0.2, 0) is 4.74 Å². The zero-order chi connectivity index (χ0) is 23.1. The number of anilines is 1. The zero-order valence-electron chi connectivity index (χ0n) is 17.2. The smallest absolute Gasteiger partial charge is 0.339 e. The molecule has 0 saturated heterocycles. The largest absolute Gasteiger partial charge is 0.465 e. The van der Waals surface area contributed by atoms with Gasteiger partial charge in [0, 0.05) is 28.6 Å². The first-order valence-corrected chi connectivity index (χ1v) is 11.0. The first-order chi connectivity index (χ1) is 15.5. The third-order valence-corrected chi connectivity index (χ3v) is 6.35. The molecule has 2 N–H and O–H groups in total. The number of nitrogens with one attached hydrogen (secondary N) is 2. The SMILES string of the molecule is COC(=O)c1ccc(C(=O)NCCCCC#N)cc1NC(=O)c1sc2ccccc2c1Cl. The number of nitrogens with zero attached hydrogens (tertiary/aromatic N) is 1. The predicted molar refractivity (Wildman–Crippen MR) is 124 cm³/mol. The Morgan fingerprint density at radius 1 is 1.12 bits per heavy atom. The summed E-state index contributed by atoms with van der Waals surface area (Å²) in [5.74, 6) is -1.49. The summed E-state index contributed by atoms with van der Waals surface area (Å²) in [5.41, 5.74) is 0.534. The van der Waals surface area contributed by atoms with Crippen molar-refractivity contribution in [2.75, 3.05) is 19.0 Å². The third kappa shape index (κ3) is 5.25. The minimum Gasteiger partial charge on any atom is -0.465 e. The number of nitriles is 1. The number of hydrogen-bond acceptors (Lipinski definition) is 6. The lowest BCUT2D eigenvalue weighted by Gasteiger charge is -2.12. The lowest BCUT2D eigenvalue weighted by atomic mass is 10.1. The molecule has 2 aromatic carbocycles. The van der Waals surface area contributed by atoms with Crippen molar-refractivity contribution in [2.24, 2.45) is 0 Å². The number of rotatable bonds is 8. The molecule has 7 nitrogen and oxygen atoms in total. The molecule has 0 bridgehead atoms. The lowest BCUT2D eigenvalue weighted by molar-refractivity contribution is 0.0601. The van der Waals surface area contributed by atoms with E-state index in [0.717, 1.165) is 10.1 Å². The van der Waals surface area contributed by atoms with Gasteiger partial charge >= 0.3 is 5.97 Å². The number of methoxy groups -OCH3 is 1. The number of thiophene rings is 1. The van der Waals surface area contributed by atoms with E-state index in [1.807, 2.05) is 24.3 Å². The van der Waals surface area contributed by atoms with Gasteiger partial charge in [0.05, 0.1) is 29.5 Å². The number of carbonyl (C=O) groups is 3. The fraction of sp³-hybridized carbons (Fsp3) is 0.217. The molecule has 0 fully saturated rings. The van der Waals surface area contributed by atoms with E-state index in [0.29, 0.717) is 35.7 Å². The Bertz CT molecular complexity index is 1220. The molecule has 0 aliphatic heterocycles. The number of halogens is 1. The van der Waals surface area contributed by atoms with E-state index in [1.165, 1.54) is 36.6 Å². The number of unbranched alkanes of at least 4 members (excludes halogenated alkanes) is 2. The highest BCUT2D eigenvalue weighted by Gasteiger charge is 2.21. The predicted octanol–water partition coefficient (Wildman–Crippen LogP) is 5.02. The second kappa shape index (κ2) is 10.8. The molecule has 164 valence electrons. The van der Waals surface area contributed by atoms with Crippen molar-refractivity contribution in [3.8, 4) is 6.07 Å². The maximum Gasteiger partial charge on any atom is 0.339 e. The van der Waals surface area contributed by atoms with Gasteiger partial charge in [-0.2, -0.15) is 5.26 Å². The fourth-order valence-corrected chi connectivity index (χ4v) is 4.46. The number of carbonyl (C=O) groups excluding carboxylic acids is 3. The topological polar surface area (TPSA) is 108 Å². The quantitative estimate of drug-likeness (QED) is 0.356. The Morgan fingerprint density at radius 2 is 1.91 bits per heavy atom. The normalized spacial score (nSPS) is 10.4. The summed E-state index contributed by atoms with van der Waals surface area (Å²) in [4.78, 5) is 37.9. The van der Waals surface area contributed by atoms with Gasteiger partial charge in [0.2, 0.25) is 0 Å². The molecule has 0 saturated carbocycles. The monoisotopic (exact) mass is 469 g/mol. The average Bonchev–Trinajstić information content (AvgIpc) is 3.15. The molecular formula is C23H20ClN3O4S. The van der Waals surface area contributed by atoms with Crippen molar-refractivity contribution in [3.05, 3.63) is 63.5 Å². The van der Waals surface area contributed by atoms with Crippen LogP contribution in [0.3, 0.4) is 0 Å². The van der Waals surface area contributed by atoms with Gasteiger partial charge in [-0.15, -0.1) is 11.3 Å². The summed E-state index contributed by atoms with van der Waals surface area (Å²) < 4.78 is 5.66. The van der Waals surface area contributed by atoms with Crippen LogP contribution in [-0.4, -0.2) is 31.4 Å². The summed E-state index contributed by atoms with van der Waals surface area (Å²) in [7, 11) is 1.23. The van der Waals surface area contributed by atoms with Gasteiger partial charge in [-0.3, -0.25) is 9.59 Å². The van der Waals surface area contributed by atoms with Crippen LogP contribution >= 0.6 is 22.9 Å². The molecule has 1 aromatic heterocycles. The maximum absolute atomic E-state index is 13.0. The van der Waals surface area contributed by atoms with E-state index in [-0.39, 0.29) is 22.7 Å². The standard InChI is InChI=1S/C23H20ClN3O4S/c1-31-23(30)15-10-9-14(21(28)26-12-6-2-5-11-25)13-17(15)27-22(29)20-19(24)16-7-3-4-8-18(16)32-20/h3-4,7-10,13H,2,5-6,12H2,1H3,(H,26,28)(H,27,29). The van der Waals surface area contributed by atoms with E-state index in [1.54, 1.807) is 0 Å². The molecule has 1 heterocycles. The molecule has 9 heteroatoms. The van der Waals surface area contributed by atoms with E-state index >= 15 is 0 Å². The van der Waals surface area contributed by atoms with Crippen LogP contribution in [0.1, 0.15) is 49.7 Å². The number of hydrogen-bond donors (Lipinski definition) is 2. The second-order valence-electron chi connectivity index (χ2n) is 6.82. The molecule has 2 amide bonds. The van der Waals surface area contributed by atoms with Crippen molar-refractivity contribution < 1.29 is 19.1 Å². The van der Waals surface area contributed by atoms with Crippen LogP contribution in [0.2, 0.25) is 5.02 Å². The van der Waals surface area contributed by atoms with E-state index in [9.17, 15) is 14.4 Å².